The first-order valence-corrected chi connectivity index (χ1v) is 5.47. The van der Waals surface area contributed by atoms with E-state index in [1.807, 2.05) is 0 Å². The van der Waals surface area contributed by atoms with E-state index < -0.39 is 17.6 Å². The van der Waals surface area contributed by atoms with E-state index in [0.29, 0.717) is 25.7 Å². The monoisotopic (exact) mass is 246 g/mol. The Morgan fingerprint density at radius 3 is 2.71 bits per heavy atom. The molecule has 0 radical (unpaired) electrons. The Balaban J connectivity index is 2.18. The Hall–Kier alpha value is -1.34. The number of hydrogen-bond acceptors (Lipinski definition) is 4. The first-order chi connectivity index (χ1) is 7.92. The molecule has 0 aliphatic carbocycles. The number of carboxylic acids is 1. The van der Waals surface area contributed by atoms with E-state index in [4.69, 9.17) is 9.84 Å². The third-order valence-electron chi connectivity index (χ3n) is 2.63. The number of amides is 2. The topological polar surface area (TPSA) is 108 Å². The number of carbonyl (C=O) groups excluding carboxylic acids is 1. The molecule has 1 aliphatic heterocycles. The minimum atomic E-state index is -1.95. The van der Waals surface area contributed by atoms with Crippen molar-refractivity contribution >= 4 is 12.0 Å². The number of nitrogens with one attached hydrogen (secondary N) is 2. The molecule has 0 spiro atoms. The molecule has 0 saturated carbocycles. The maximum absolute atomic E-state index is 11.3. The van der Waals surface area contributed by atoms with Gasteiger partial charge in [-0.15, -0.1) is 0 Å². The Morgan fingerprint density at radius 1 is 1.47 bits per heavy atom. The lowest BCUT2D eigenvalue weighted by Crippen LogP contribution is -2.49. The molecule has 0 bridgehead atoms. The molecular formula is C10H18N2O5. The minimum Gasteiger partial charge on any atom is -0.479 e. The fraction of sp³-hybridized carbons (Fsp3) is 0.800. The highest BCUT2D eigenvalue weighted by molar-refractivity contribution is 5.79. The first kappa shape index (κ1) is 13.7. The number of urea groups is 1. The molecule has 17 heavy (non-hydrogen) atoms. The SMILES string of the molecule is CC(O)(CNC(=O)NCC1CCOC1)C(=O)O. The number of carboxylic acid groups (broad SMARTS) is 1. The van der Waals surface area contributed by atoms with Crippen LogP contribution < -0.4 is 10.6 Å². The van der Waals surface area contributed by atoms with Gasteiger partial charge in [0.1, 0.15) is 0 Å². The second kappa shape index (κ2) is 5.83. The van der Waals surface area contributed by atoms with E-state index in [1.165, 1.54) is 0 Å². The zero-order chi connectivity index (χ0) is 12.9. The minimum absolute atomic E-state index is 0.306. The van der Waals surface area contributed by atoms with Crippen LogP contribution >= 0.6 is 0 Å². The van der Waals surface area contributed by atoms with Gasteiger partial charge in [-0.3, -0.25) is 0 Å². The quantitative estimate of drug-likeness (QED) is 0.506. The van der Waals surface area contributed by atoms with Gasteiger partial charge in [0, 0.05) is 19.1 Å². The molecule has 1 aliphatic rings. The highest BCUT2D eigenvalue weighted by atomic mass is 16.5. The summed E-state index contributed by atoms with van der Waals surface area (Å²) in [6, 6.07) is -0.488. The lowest BCUT2D eigenvalue weighted by molar-refractivity contribution is -0.155. The largest absolute Gasteiger partial charge is 0.479 e. The van der Waals surface area contributed by atoms with Crippen LogP contribution in [0.15, 0.2) is 0 Å². The van der Waals surface area contributed by atoms with Crippen LogP contribution in [-0.4, -0.2) is 54.1 Å². The lowest BCUT2D eigenvalue weighted by Gasteiger charge is -2.18. The van der Waals surface area contributed by atoms with Crippen LogP contribution in [-0.2, 0) is 9.53 Å². The number of rotatable bonds is 5. The predicted octanol–water partition coefficient (Wildman–Crippen LogP) is -0.842. The molecule has 2 atom stereocenters. The van der Waals surface area contributed by atoms with Gasteiger partial charge in [-0.2, -0.15) is 0 Å². The van der Waals surface area contributed by atoms with Crippen molar-refractivity contribution in [2.24, 2.45) is 5.92 Å². The van der Waals surface area contributed by atoms with E-state index in [9.17, 15) is 14.7 Å². The summed E-state index contributed by atoms with van der Waals surface area (Å²) in [5.41, 5.74) is -1.95. The highest BCUT2D eigenvalue weighted by Gasteiger charge is 2.30. The van der Waals surface area contributed by atoms with Crippen molar-refractivity contribution in [3.63, 3.8) is 0 Å². The first-order valence-electron chi connectivity index (χ1n) is 5.47. The molecule has 2 amide bonds. The molecule has 4 N–H and O–H groups in total. The molecule has 7 heteroatoms. The number of hydrogen-bond donors (Lipinski definition) is 4. The van der Waals surface area contributed by atoms with Crippen LogP contribution in [0.25, 0.3) is 0 Å². The Bertz CT molecular complexity index is 286. The average Bonchev–Trinajstić information content (AvgIpc) is 2.76. The highest BCUT2D eigenvalue weighted by Crippen LogP contribution is 2.10. The van der Waals surface area contributed by atoms with Gasteiger partial charge < -0.3 is 25.6 Å². The van der Waals surface area contributed by atoms with E-state index in [-0.39, 0.29) is 6.54 Å². The summed E-state index contributed by atoms with van der Waals surface area (Å²) >= 11 is 0. The van der Waals surface area contributed by atoms with Gasteiger partial charge >= 0.3 is 12.0 Å². The zero-order valence-electron chi connectivity index (χ0n) is 9.73. The van der Waals surface area contributed by atoms with Crippen LogP contribution in [0.4, 0.5) is 4.79 Å². The maximum Gasteiger partial charge on any atom is 0.337 e. The van der Waals surface area contributed by atoms with E-state index in [2.05, 4.69) is 10.6 Å². The van der Waals surface area contributed by atoms with Gasteiger partial charge in [-0.25, -0.2) is 9.59 Å². The fourth-order valence-electron chi connectivity index (χ4n) is 1.37. The summed E-state index contributed by atoms with van der Waals surface area (Å²) in [5.74, 6) is -1.07. The molecule has 98 valence electrons. The Morgan fingerprint density at radius 2 is 2.18 bits per heavy atom. The van der Waals surface area contributed by atoms with Crippen molar-refractivity contribution in [3.8, 4) is 0 Å². The Kier molecular flexibility index (Phi) is 4.71. The van der Waals surface area contributed by atoms with Crippen molar-refractivity contribution < 1.29 is 24.5 Å². The normalized spacial score (nSPS) is 22.8. The Labute approximate surface area is 99.1 Å². The summed E-state index contributed by atoms with van der Waals surface area (Å²) in [7, 11) is 0. The second-order valence-electron chi connectivity index (χ2n) is 4.37. The molecular weight excluding hydrogens is 228 g/mol. The standard InChI is InChI=1S/C10H18N2O5/c1-10(16,8(13)14)6-12-9(15)11-4-7-2-3-17-5-7/h7,16H,2-6H2,1H3,(H,13,14)(H2,11,12,15). The van der Waals surface area contributed by atoms with Gasteiger partial charge in [0.15, 0.2) is 5.60 Å². The van der Waals surface area contributed by atoms with Crippen LogP contribution in [0.5, 0.6) is 0 Å². The molecule has 1 rings (SSSR count). The molecule has 1 heterocycles. The van der Waals surface area contributed by atoms with Crippen molar-refractivity contribution in [1.29, 1.82) is 0 Å². The van der Waals surface area contributed by atoms with Crippen molar-refractivity contribution in [2.45, 2.75) is 18.9 Å². The fourth-order valence-corrected chi connectivity index (χ4v) is 1.37. The van der Waals surface area contributed by atoms with Gasteiger partial charge in [0.05, 0.1) is 13.2 Å². The molecule has 2 unspecified atom stereocenters. The second-order valence-corrected chi connectivity index (χ2v) is 4.37. The number of ether oxygens (including phenoxy) is 1. The summed E-state index contributed by atoms with van der Waals surface area (Å²) < 4.78 is 5.15. The number of aliphatic hydroxyl groups is 1. The van der Waals surface area contributed by atoms with Gasteiger partial charge in [0.2, 0.25) is 0 Å². The molecule has 0 aromatic rings. The smallest absolute Gasteiger partial charge is 0.337 e. The molecule has 1 saturated heterocycles. The maximum atomic E-state index is 11.3. The summed E-state index contributed by atoms with van der Waals surface area (Å²) in [6.45, 7) is 2.62. The van der Waals surface area contributed by atoms with Crippen molar-refractivity contribution in [2.75, 3.05) is 26.3 Å². The third kappa shape index (κ3) is 4.58. The molecule has 0 aromatic heterocycles. The van der Waals surface area contributed by atoms with Gasteiger partial charge in [0.25, 0.3) is 0 Å². The molecule has 1 fully saturated rings. The number of carbonyl (C=O) groups is 2. The zero-order valence-corrected chi connectivity index (χ0v) is 9.73. The number of aliphatic carboxylic acids is 1. The van der Waals surface area contributed by atoms with E-state index in [0.717, 1.165) is 13.3 Å². The molecule has 7 nitrogen and oxygen atoms in total. The third-order valence-corrected chi connectivity index (χ3v) is 2.63. The van der Waals surface area contributed by atoms with Crippen LogP contribution in [0, 0.1) is 5.92 Å². The van der Waals surface area contributed by atoms with Crippen molar-refractivity contribution in [3.05, 3.63) is 0 Å². The van der Waals surface area contributed by atoms with E-state index in [1.54, 1.807) is 0 Å². The van der Waals surface area contributed by atoms with Crippen LogP contribution in [0.1, 0.15) is 13.3 Å². The lowest BCUT2D eigenvalue weighted by atomic mass is 10.1. The average molecular weight is 246 g/mol. The van der Waals surface area contributed by atoms with E-state index >= 15 is 0 Å². The predicted molar refractivity (Wildman–Crippen MR) is 58.6 cm³/mol. The summed E-state index contributed by atoms with van der Waals surface area (Å²) in [5, 5.41) is 22.9. The van der Waals surface area contributed by atoms with Crippen molar-refractivity contribution in [1.82, 2.24) is 10.6 Å². The molecule has 0 aromatic carbocycles. The van der Waals surface area contributed by atoms with Crippen LogP contribution in [0.3, 0.4) is 0 Å². The summed E-state index contributed by atoms with van der Waals surface area (Å²) in [4.78, 5) is 21.9. The van der Waals surface area contributed by atoms with Gasteiger partial charge in [-0.05, 0) is 13.3 Å². The summed E-state index contributed by atoms with van der Waals surface area (Å²) in [6.07, 6.45) is 0.910. The van der Waals surface area contributed by atoms with Crippen LogP contribution in [0.2, 0.25) is 0 Å². The van der Waals surface area contributed by atoms with Gasteiger partial charge in [-0.1, -0.05) is 0 Å².